The van der Waals surface area contributed by atoms with E-state index in [1.807, 2.05) is 50.5 Å². The fraction of sp³-hybridized carbons (Fsp3) is 0.231. The molecular weight excluding hydrogens is 388 g/mol. The summed E-state index contributed by atoms with van der Waals surface area (Å²) in [5.74, 6) is 0.329. The molecule has 0 spiro atoms. The lowest BCUT2D eigenvalue weighted by atomic mass is 10.0. The van der Waals surface area contributed by atoms with Crippen molar-refractivity contribution in [2.45, 2.75) is 12.5 Å². The molecule has 0 aliphatic carbocycles. The van der Waals surface area contributed by atoms with Gasteiger partial charge in [-0.05, 0) is 50.3 Å². The number of carbonyl (C=O) groups excluding carboxylic acids is 2. The second kappa shape index (κ2) is 11.1. The second-order valence-electron chi connectivity index (χ2n) is 7.62. The van der Waals surface area contributed by atoms with E-state index in [1.165, 1.54) is 5.56 Å². The molecule has 1 amide bonds. The predicted octanol–water partition coefficient (Wildman–Crippen LogP) is 3.59. The summed E-state index contributed by atoms with van der Waals surface area (Å²) in [6.45, 7) is 0.464. The summed E-state index contributed by atoms with van der Waals surface area (Å²) in [4.78, 5) is 26.8. The van der Waals surface area contributed by atoms with Gasteiger partial charge in [0, 0.05) is 23.7 Å². The normalized spacial score (nSPS) is 11.7. The van der Waals surface area contributed by atoms with Gasteiger partial charge in [0.1, 0.15) is 5.75 Å². The third-order valence-corrected chi connectivity index (χ3v) is 5.10. The Labute approximate surface area is 183 Å². The summed E-state index contributed by atoms with van der Waals surface area (Å²) in [6.07, 6.45) is 0.853. The van der Waals surface area contributed by atoms with Gasteiger partial charge in [-0.1, -0.05) is 60.7 Å². The highest BCUT2D eigenvalue weighted by atomic mass is 16.5. The quantitative estimate of drug-likeness (QED) is 0.513. The Bertz CT molecular complexity index is 971. The average Bonchev–Trinajstić information content (AvgIpc) is 2.81. The molecular formula is C26H28N2O3. The lowest BCUT2D eigenvalue weighted by Crippen LogP contribution is -2.42. The number of nitrogens with one attached hydrogen (secondary N) is 1. The molecule has 3 aromatic carbocycles. The van der Waals surface area contributed by atoms with Crippen molar-refractivity contribution >= 4 is 11.7 Å². The zero-order chi connectivity index (χ0) is 22.1. The number of rotatable bonds is 10. The molecule has 3 rings (SSSR count). The van der Waals surface area contributed by atoms with Gasteiger partial charge < -0.3 is 15.0 Å². The largest absolute Gasteiger partial charge is 0.484 e. The fourth-order valence-corrected chi connectivity index (χ4v) is 3.21. The van der Waals surface area contributed by atoms with Crippen LogP contribution in [0.5, 0.6) is 5.75 Å². The molecule has 0 radical (unpaired) electrons. The van der Waals surface area contributed by atoms with E-state index >= 15 is 0 Å². The van der Waals surface area contributed by atoms with Crippen molar-refractivity contribution in [1.82, 2.24) is 10.2 Å². The number of ether oxygens (including phenoxy) is 1. The summed E-state index contributed by atoms with van der Waals surface area (Å²) in [7, 11) is 4.02. The van der Waals surface area contributed by atoms with Gasteiger partial charge >= 0.3 is 0 Å². The van der Waals surface area contributed by atoms with Gasteiger partial charge in [0.2, 0.25) is 0 Å². The van der Waals surface area contributed by atoms with Gasteiger partial charge in [-0.25, -0.2) is 0 Å². The Kier molecular flexibility index (Phi) is 7.96. The minimum absolute atomic E-state index is 0.0435. The molecule has 0 aliphatic heterocycles. The summed E-state index contributed by atoms with van der Waals surface area (Å²) >= 11 is 0. The van der Waals surface area contributed by atoms with Crippen molar-refractivity contribution < 1.29 is 14.3 Å². The van der Waals surface area contributed by atoms with Gasteiger partial charge in [0.05, 0.1) is 0 Å². The van der Waals surface area contributed by atoms with E-state index in [0.717, 1.165) is 6.42 Å². The first kappa shape index (κ1) is 22.2. The van der Waals surface area contributed by atoms with Gasteiger partial charge in [-0.3, -0.25) is 9.59 Å². The van der Waals surface area contributed by atoms with Crippen LogP contribution < -0.4 is 10.1 Å². The van der Waals surface area contributed by atoms with Crippen LogP contribution in [-0.4, -0.2) is 49.9 Å². The molecule has 0 saturated carbocycles. The zero-order valence-electron chi connectivity index (χ0n) is 18.0. The number of likely N-dealkylation sites (N-methyl/N-ethyl adjacent to an activating group) is 1. The standard InChI is InChI=1S/C26H28N2O3/c1-28(2)23(17-20-9-5-3-6-10-20)18-27-25(29)19-31-24-15-13-22(14-16-24)26(30)21-11-7-4-8-12-21/h3-16,23H,17-19H2,1-2H3,(H,27,29)/t23-/m1/s1. The molecule has 0 heterocycles. The number of benzene rings is 3. The summed E-state index contributed by atoms with van der Waals surface area (Å²) in [6, 6.07) is 26.4. The average molecular weight is 417 g/mol. The maximum absolute atomic E-state index is 12.4. The third-order valence-electron chi connectivity index (χ3n) is 5.10. The Balaban J connectivity index is 1.47. The first-order valence-corrected chi connectivity index (χ1v) is 10.3. The minimum Gasteiger partial charge on any atom is -0.484 e. The molecule has 0 aliphatic rings. The molecule has 0 unspecified atom stereocenters. The SMILES string of the molecule is CN(C)[C@@H](CNC(=O)COc1ccc(C(=O)c2ccccc2)cc1)Cc1ccccc1. The summed E-state index contributed by atoms with van der Waals surface area (Å²) in [5.41, 5.74) is 2.45. The molecule has 5 heteroatoms. The van der Waals surface area contributed by atoms with Crippen LogP contribution in [-0.2, 0) is 11.2 Å². The maximum Gasteiger partial charge on any atom is 0.257 e. The van der Waals surface area contributed by atoms with Crippen LogP contribution in [0.15, 0.2) is 84.9 Å². The number of carbonyl (C=O) groups is 2. The third kappa shape index (κ3) is 6.79. The minimum atomic E-state index is -0.177. The van der Waals surface area contributed by atoms with Crippen LogP contribution in [0.3, 0.4) is 0 Å². The number of nitrogens with zero attached hydrogens (tertiary/aromatic N) is 1. The van der Waals surface area contributed by atoms with Crippen molar-refractivity contribution in [1.29, 1.82) is 0 Å². The molecule has 0 fully saturated rings. The first-order chi connectivity index (χ1) is 15.0. The second-order valence-corrected chi connectivity index (χ2v) is 7.62. The molecule has 0 saturated heterocycles. The van der Waals surface area contributed by atoms with Crippen molar-refractivity contribution in [3.05, 3.63) is 102 Å². The molecule has 0 aromatic heterocycles. The Morgan fingerprint density at radius 1 is 0.839 bits per heavy atom. The number of hydrogen-bond donors (Lipinski definition) is 1. The van der Waals surface area contributed by atoms with Crippen LogP contribution in [0.2, 0.25) is 0 Å². The van der Waals surface area contributed by atoms with E-state index < -0.39 is 0 Å². The number of amides is 1. The van der Waals surface area contributed by atoms with Crippen LogP contribution in [0.25, 0.3) is 0 Å². The maximum atomic E-state index is 12.4. The van der Waals surface area contributed by atoms with Gasteiger partial charge in [0.25, 0.3) is 5.91 Å². The highest BCUT2D eigenvalue weighted by Crippen LogP contribution is 2.15. The van der Waals surface area contributed by atoms with Crippen molar-refractivity contribution in [3.8, 4) is 5.75 Å². The number of hydrogen-bond acceptors (Lipinski definition) is 4. The topological polar surface area (TPSA) is 58.6 Å². The lowest BCUT2D eigenvalue weighted by Gasteiger charge is -2.24. The summed E-state index contributed by atoms with van der Waals surface area (Å²) in [5, 5.41) is 2.95. The van der Waals surface area contributed by atoms with Crippen LogP contribution in [0.1, 0.15) is 21.5 Å². The lowest BCUT2D eigenvalue weighted by molar-refractivity contribution is -0.123. The molecule has 5 nitrogen and oxygen atoms in total. The molecule has 160 valence electrons. The van der Waals surface area contributed by atoms with Crippen molar-refractivity contribution in [2.24, 2.45) is 0 Å². The van der Waals surface area contributed by atoms with Crippen LogP contribution in [0, 0.1) is 0 Å². The fourth-order valence-electron chi connectivity index (χ4n) is 3.21. The Morgan fingerprint density at radius 2 is 1.42 bits per heavy atom. The van der Waals surface area contributed by atoms with Crippen LogP contribution >= 0.6 is 0 Å². The van der Waals surface area contributed by atoms with Gasteiger partial charge in [0.15, 0.2) is 12.4 Å². The van der Waals surface area contributed by atoms with E-state index in [1.54, 1.807) is 36.4 Å². The van der Waals surface area contributed by atoms with Crippen LogP contribution in [0.4, 0.5) is 0 Å². The summed E-state index contributed by atoms with van der Waals surface area (Å²) < 4.78 is 5.58. The van der Waals surface area contributed by atoms with Gasteiger partial charge in [-0.2, -0.15) is 0 Å². The Morgan fingerprint density at radius 3 is 2.03 bits per heavy atom. The highest BCUT2D eigenvalue weighted by Gasteiger charge is 2.14. The monoisotopic (exact) mass is 416 g/mol. The molecule has 0 bridgehead atoms. The highest BCUT2D eigenvalue weighted by molar-refractivity contribution is 6.08. The Hall–Kier alpha value is -3.44. The molecule has 1 N–H and O–H groups in total. The van der Waals surface area contributed by atoms with Gasteiger partial charge in [-0.15, -0.1) is 0 Å². The number of ketones is 1. The zero-order valence-corrected chi connectivity index (χ0v) is 18.0. The van der Waals surface area contributed by atoms with Crippen molar-refractivity contribution in [2.75, 3.05) is 27.2 Å². The first-order valence-electron chi connectivity index (χ1n) is 10.3. The van der Waals surface area contributed by atoms with E-state index in [4.69, 9.17) is 4.74 Å². The van der Waals surface area contributed by atoms with E-state index in [0.29, 0.717) is 23.4 Å². The predicted molar refractivity (Wildman–Crippen MR) is 122 cm³/mol. The molecule has 1 atom stereocenters. The molecule has 31 heavy (non-hydrogen) atoms. The van der Waals surface area contributed by atoms with E-state index in [9.17, 15) is 9.59 Å². The van der Waals surface area contributed by atoms with Crippen molar-refractivity contribution in [3.63, 3.8) is 0 Å². The van der Waals surface area contributed by atoms with E-state index in [2.05, 4.69) is 22.3 Å². The smallest absolute Gasteiger partial charge is 0.257 e. The van der Waals surface area contributed by atoms with E-state index in [-0.39, 0.29) is 24.3 Å². The molecule has 3 aromatic rings.